The van der Waals surface area contributed by atoms with E-state index < -0.39 is 5.41 Å². The number of rotatable bonds is 10. The SMILES string of the molecule is CC(C)(C)c1ccc(-c2cc(-c3ccccc3)cc(-c3ccccc3)c2N2c3cc(-n4c5ccc6cccc7c8cccc9ccc4c(c98)c5c67)ccc3B3c4ccc(-n5c6ccc7cccc8c9cccc%10ccc5c(c%109)c6c78)cc4N(c4c(-c5ccccc5)cc(-c5ccccc5)cc4-c4ccc(C(C)(C)C)cc4)c4cc(C(C)(C)C)cc2c43)cc1. The van der Waals surface area contributed by atoms with Crippen LogP contribution in [-0.4, -0.2) is 15.8 Å². The van der Waals surface area contributed by atoms with Gasteiger partial charge in [0, 0.05) is 77.9 Å². The molecule has 2 aliphatic rings. The second-order valence-electron chi connectivity index (χ2n) is 37.9. The van der Waals surface area contributed by atoms with E-state index in [4.69, 9.17) is 0 Å². The van der Waals surface area contributed by atoms with Crippen LogP contribution in [0, 0.1) is 0 Å². The molecule has 23 aromatic rings. The molecule has 0 bridgehead atoms. The monoisotopic (exact) mass is 1570 g/mol. The number of hydrogen-bond donors (Lipinski definition) is 0. The Labute approximate surface area is 716 Å². The largest absolute Gasteiger partial charge is 0.310 e. The number of aromatic nitrogens is 2. The zero-order valence-electron chi connectivity index (χ0n) is 70.5. The summed E-state index contributed by atoms with van der Waals surface area (Å²) in [6.07, 6.45) is 0. The van der Waals surface area contributed by atoms with E-state index in [-0.39, 0.29) is 17.5 Å². The maximum atomic E-state index is 2.78. The highest BCUT2D eigenvalue weighted by molar-refractivity contribution is 7.00. The zero-order valence-corrected chi connectivity index (χ0v) is 70.5. The highest BCUT2D eigenvalue weighted by Crippen LogP contribution is 2.58. The minimum Gasteiger partial charge on any atom is -0.310 e. The maximum absolute atomic E-state index is 2.78. The van der Waals surface area contributed by atoms with Gasteiger partial charge in [0.2, 0.25) is 0 Å². The molecule has 4 heterocycles. The summed E-state index contributed by atoms with van der Waals surface area (Å²) in [4.78, 5) is 5.55. The van der Waals surface area contributed by atoms with Gasteiger partial charge in [0.1, 0.15) is 0 Å². The van der Waals surface area contributed by atoms with Crippen molar-refractivity contribution in [1.82, 2.24) is 9.13 Å². The van der Waals surface area contributed by atoms with E-state index in [0.717, 1.165) is 112 Å². The van der Waals surface area contributed by atoms with Crippen LogP contribution in [0.15, 0.2) is 364 Å². The van der Waals surface area contributed by atoms with E-state index in [2.05, 4.69) is 445 Å². The molecule has 21 aromatic carbocycles. The fraction of sp³-hybridized carbons (Fsp3) is 0.102. The molecule has 25 rings (SSSR count). The summed E-state index contributed by atoms with van der Waals surface area (Å²) in [7, 11) is 0. The molecule has 4 nitrogen and oxygen atoms in total. The Morgan fingerprint density at radius 1 is 0.211 bits per heavy atom. The van der Waals surface area contributed by atoms with Crippen molar-refractivity contribution >= 4 is 165 Å². The molecule has 0 atom stereocenters. The van der Waals surface area contributed by atoms with Gasteiger partial charge in [-0.15, -0.1) is 0 Å². The van der Waals surface area contributed by atoms with Gasteiger partial charge in [-0.2, -0.15) is 0 Å². The highest BCUT2D eigenvalue weighted by atomic mass is 15.2. The molecule has 2 aliphatic heterocycles. The number of benzene rings is 21. The predicted molar refractivity (Wildman–Crippen MR) is 528 cm³/mol. The van der Waals surface area contributed by atoms with Crippen LogP contribution in [0.1, 0.15) is 79.0 Å². The van der Waals surface area contributed by atoms with Crippen molar-refractivity contribution in [1.29, 1.82) is 0 Å². The molecule has 0 saturated heterocycles. The first-order valence-corrected chi connectivity index (χ1v) is 43.6. The molecular weight excluding hydrogens is 1480 g/mol. The Hall–Kier alpha value is -14.5. The normalized spacial score (nSPS) is 13.2. The fourth-order valence-electron chi connectivity index (χ4n) is 21.9. The van der Waals surface area contributed by atoms with E-state index in [1.54, 1.807) is 0 Å². The molecule has 5 heteroatoms. The van der Waals surface area contributed by atoms with Crippen LogP contribution in [0.25, 0.3) is 186 Å². The van der Waals surface area contributed by atoms with Crippen LogP contribution in [0.5, 0.6) is 0 Å². The van der Waals surface area contributed by atoms with E-state index in [0.29, 0.717) is 0 Å². The molecule has 0 aliphatic carbocycles. The number of anilines is 6. The van der Waals surface area contributed by atoms with Gasteiger partial charge >= 0.3 is 0 Å². The first-order chi connectivity index (χ1) is 59.9. The average molecular weight is 1570 g/mol. The van der Waals surface area contributed by atoms with Crippen LogP contribution >= 0.6 is 0 Å². The average Bonchev–Trinajstić information content (AvgIpc) is 1.60. The molecule has 0 unspecified atom stereocenters. The van der Waals surface area contributed by atoms with Crippen molar-refractivity contribution in [2.75, 3.05) is 9.80 Å². The van der Waals surface area contributed by atoms with E-state index in [9.17, 15) is 0 Å². The van der Waals surface area contributed by atoms with Gasteiger partial charge in [0.05, 0.1) is 33.4 Å². The van der Waals surface area contributed by atoms with Crippen molar-refractivity contribution in [3.8, 4) is 78.1 Å². The Balaban J connectivity index is 0.858. The Morgan fingerprint density at radius 3 is 0.805 bits per heavy atom. The first-order valence-electron chi connectivity index (χ1n) is 43.6. The summed E-state index contributed by atoms with van der Waals surface area (Å²) in [5.41, 5.74) is 34.3. The van der Waals surface area contributed by atoms with E-state index in [1.807, 2.05) is 0 Å². The number of fused-ring (bicyclic) bond motifs is 6. The second-order valence-corrected chi connectivity index (χ2v) is 37.9. The van der Waals surface area contributed by atoms with Gasteiger partial charge in [0.15, 0.2) is 0 Å². The summed E-state index contributed by atoms with van der Waals surface area (Å²) < 4.78 is 5.22. The molecule has 2 aromatic heterocycles. The van der Waals surface area contributed by atoms with Crippen LogP contribution in [0.4, 0.5) is 34.1 Å². The minimum atomic E-state index is -0.393. The lowest BCUT2D eigenvalue weighted by molar-refractivity contribution is 0.590. The highest BCUT2D eigenvalue weighted by Gasteiger charge is 2.47. The molecule has 0 N–H and O–H groups in total. The van der Waals surface area contributed by atoms with Gasteiger partial charge < -0.3 is 18.9 Å². The van der Waals surface area contributed by atoms with E-state index in [1.165, 1.54) is 141 Å². The topological polar surface area (TPSA) is 16.3 Å². The fourth-order valence-corrected chi connectivity index (χ4v) is 21.9. The lowest BCUT2D eigenvalue weighted by atomic mass is 9.33. The predicted octanol–water partition coefficient (Wildman–Crippen LogP) is 30.5. The Bertz CT molecular complexity index is 7580. The lowest BCUT2D eigenvalue weighted by Gasteiger charge is -2.46. The smallest absolute Gasteiger partial charge is 0.252 e. The van der Waals surface area contributed by atoms with Crippen molar-refractivity contribution in [3.63, 3.8) is 0 Å². The van der Waals surface area contributed by atoms with Crippen LogP contribution < -0.4 is 26.2 Å². The van der Waals surface area contributed by atoms with Crippen LogP contribution in [0.3, 0.4) is 0 Å². The molecule has 582 valence electrons. The summed E-state index contributed by atoms with van der Waals surface area (Å²) in [6, 6.07) is 141. The van der Waals surface area contributed by atoms with Crippen LogP contribution in [0.2, 0.25) is 0 Å². The lowest BCUT2D eigenvalue weighted by Crippen LogP contribution is -2.61. The molecule has 0 saturated carbocycles. The summed E-state index contributed by atoms with van der Waals surface area (Å²) in [6.45, 7) is 20.9. The van der Waals surface area contributed by atoms with E-state index >= 15 is 0 Å². The van der Waals surface area contributed by atoms with Gasteiger partial charge in [-0.05, 0) is 243 Å². The standard InChI is InChI=1S/C118H87BN4/c1-116(2,3)82-50-42-74(43-51-82)93-64-80(70-26-14-10-15-27-70)62-91(72-30-18-12-19-31-72)114(93)122-101-68-85(120-97-58-46-76-34-22-38-87-88-39-23-35-77-47-59-98(120)110(106(77)88)109(97)105(76)87)54-56-95(101)119-96-57-55-86(121-99-60-48-78-36-24-40-89-90-41-25-37-79-49-61-100(121)112(108(79)90)111(99)107(78)89)69-102(96)123(104-67-84(118(7,8)9)66-103(122)113(104)119)115-92(73-32-20-13-21-33-73)63-81(71-28-16-11-17-29-71)65-94(115)75-44-52-83(53-45-75)117(4,5)6/h10-69H,1-9H3. The molecule has 0 fully saturated rings. The van der Waals surface area contributed by atoms with Crippen LogP contribution in [-0.2, 0) is 16.2 Å². The van der Waals surface area contributed by atoms with Gasteiger partial charge in [-0.1, -0.05) is 341 Å². The van der Waals surface area contributed by atoms with Gasteiger partial charge in [0.25, 0.3) is 6.71 Å². The van der Waals surface area contributed by atoms with Crippen molar-refractivity contribution in [3.05, 3.63) is 381 Å². The third-order valence-corrected chi connectivity index (χ3v) is 27.7. The van der Waals surface area contributed by atoms with Crippen molar-refractivity contribution in [2.24, 2.45) is 0 Å². The first kappa shape index (κ1) is 71.4. The molecule has 0 amide bonds. The van der Waals surface area contributed by atoms with Gasteiger partial charge in [-0.3, -0.25) is 0 Å². The van der Waals surface area contributed by atoms with Crippen molar-refractivity contribution in [2.45, 2.75) is 78.6 Å². The third kappa shape index (κ3) is 10.5. The second kappa shape index (κ2) is 26.0. The molecule has 0 spiro atoms. The minimum absolute atomic E-state index is 0.0873. The quantitative estimate of drug-likeness (QED) is 0.0771. The number of hydrogen-bond acceptors (Lipinski definition) is 2. The molecular formula is C118H87BN4. The Morgan fingerprint density at radius 2 is 0.504 bits per heavy atom. The summed E-state index contributed by atoms with van der Waals surface area (Å²) in [5.74, 6) is 0. The maximum Gasteiger partial charge on any atom is 0.252 e. The third-order valence-electron chi connectivity index (χ3n) is 27.7. The Kier molecular flexibility index (Phi) is 15.1. The molecule has 123 heavy (non-hydrogen) atoms. The molecule has 0 radical (unpaired) electrons. The number of nitrogens with zero attached hydrogens (tertiary/aromatic N) is 4. The van der Waals surface area contributed by atoms with Crippen molar-refractivity contribution < 1.29 is 0 Å². The summed E-state index contributed by atoms with van der Waals surface area (Å²) in [5, 5.41) is 20.7. The zero-order chi connectivity index (χ0) is 82.4. The summed E-state index contributed by atoms with van der Waals surface area (Å²) >= 11 is 0. The van der Waals surface area contributed by atoms with Gasteiger partial charge in [-0.25, -0.2) is 0 Å².